The lowest BCUT2D eigenvalue weighted by Crippen LogP contribution is -2.29. The summed E-state index contributed by atoms with van der Waals surface area (Å²) in [6.45, 7) is 4.00. The summed E-state index contributed by atoms with van der Waals surface area (Å²) in [5.41, 5.74) is 5.50. The van der Waals surface area contributed by atoms with E-state index in [0.717, 1.165) is 25.7 Å². The van der Waals surface area contributed by atoms with E-state index < -0.39 is 6.17 Å². The molecule has 2 heteroatoms. The molecule has 0 radical (unpaired) electrons. The van der Waals surface area contributed by atoms with E-state index in [4.69, 9.17) is 5.73 Å². The summed E-state index contributed by atoms with van der Waals surface area (Å²) in [5, 5.41) is 0. The molecule has 1 aliphatic carbocycles. The van der Waals surface area contributed by atoms with E-state index in [2.05, 4.69) is 0 Å². The van der Waals surface area contributed by atoms with Crippen LogP contribution in [0.2, 0.25) is 0 Å². The van der Waals surface area contributed by atoms with Crippen molar-refractivity contribution in [3.8, 4) is 0 Å². The molecule has 0 bridgehead atoms. The van der Waals surface area contributed by atoms with E-state index in [1.807, 2.05) is 13.8 Å². The van der Waals surface area contributed by atoms with Crippen molar-refractivity contribution >= 4 is 0 Å². The monoisotopic (exact) mass is 161 g/mol. The van der Waals surface area contributed by atoms with Crippen LogP contribution in [0.4, 0.5) is 4.39 Å². The fourth-order valence-electron chi connectivity index (χ4n) is 1.29. The van der Waals surface area contributed by atoms with Gasteiger partial charge in [0, 0.05) is 6.04 Å². The van der Waals surface area contributed by atoms with Crippen molar-refractivity contribution in [3.63, 3.8) is 0 Å². The first-order valence-electron chi connectivity index (χ1n) is 4.70. The van der Waals surface area contributed by atoms with Crippen LogP contribution in [0.5, 0.6) is 0 Å². The van der Waals surface area contributed by atoms with E-state index in [0.29, 0.717) is 6.42 Å². The Morgan fingerprint density at radius 1 is 1.09 bits per heavy atom. The molecule has 0 heterocycles. The van der Waals surface area contributed by atoms with Gasteiger partial charge in [-0.1, -0.05) is 33.1 Å². The minimum absolute atomic E-state index is 0.174. The molecule has 0 aliphatic heterocycles. The zero-order chi connectivity index (χ0) is 8.69. The second-order valence-electron chi connectivity index (χ2n) is 2.82. The van der Waals surface area contributed by atoms with Crippen LogP contribution in [0.25, 0.3) is 0 Å². The number of nitrogens with two attached hydrogens (primary N) is 1. The Kier molecular flexibility index (Phi) is 6.52. The molecule has 2 atom stereocenters. The fraction of sp³-hybridized carbons (Fsp3) is 1.00. The van der Waals surface area contributed by atoms with E-state index in [9.17, 15) is 4.39 Å². The topological polar surface area (TPSA) is 26.0 Å². The first kappa shape index (κ1) is 10.9. The normalized spacial score (nSPS) is 31.6. The summed E-state index contributed by atoms with van der Waals surface area (Å²) < 4.78 is 12.7. The first-order chi connectivity index (χ1) is 5.30. The lowest BCUT2D eigenvalue weighted by molar-refractivity contribution is 0.268. The Balaban J connectivity index is 0.000000461. The summed E-state index contributed by atoms with van der Waals surface area (Å²) in [5.74, 6) is 0. The Morgan fingerprint density at radius 2 is 1.64 bits per heavy atom. The summed E-state index contributed by atoms with van der Waals surface area (Å²) >= 11 is 0. The minimum atomic E-state index is -0.729. The molecule has 1 aliphatic rings. The van der Waals surface area contributed by atoms with Crippen molar-refractivity contribution < 1.29 is 4.39 Å². The third-order valence-electron chi connectivity index (χ3n) is 1.98. The summed E-state index contributed by atoms with van der Waals surface area (Å²) in [7, 11) is 0. The maximum absolute atomic E-state index is 12.7. The zero-order valence-corrected chi connectivity index (χ0v) is 7.65. The largest absolute Gasteiger partial charge is 0.325 e. The van der Waals surface area contributed by atoms with E-state index >= 15 is 0 Å². The van der Waals surface area contributed by atoms with Gasteiger partial charge in [0.05, 0.1) is 0 Å². The first-order valence-corrected chi connectivity index (χ1v) is 4.70. The number of rotatable bonds is 0. The molecule has 1 nitrogen and oxygen atoms in total. The molecule has 0 saturated heterocycles. The van der Waals surface area contributed by atoms with Gasteiger partial charge in [0.1, 0.15) is 6.17 Å². The van der Waals surface area contributed by atoms with Gasteiger partial charge in [-0.05, 0) is 12.8 Å². The van der Waals surface area contributed by atoms with Gasteiger partial charge in [-0.3, -0.25) is 0 Å². The molecule has 2 N–H and O–H groups in total. The molecular formula is C9H20FN. The van der Waals surface area contributed by atoms with Crippen LogP contribution < -0.4 is 5.73 Å². The fourth-order valence-corrected chi connectivity index (χ4v) is 1.29. The van der Waals surface area contributed by atoms with Crippen molar-refractivity contribution in [2.75, 3.05) is 0 Å². The van der Waals surface area contributed by atoms with Gasteiger partial charge in [-0.15, -0.1) is 0 Å². The van der Waals surface area contributed by atoms with E-state index in [1.165, 1.54) is 0 Å². The molecule has 1 rings (SSSR count). The van der Waals surface area contributed by atoms with Crippen LogP contribution in [0.15, 0.2) is 0 Å². The second kappa shape index (κ2) is 6.59. The van der Waals surface area contributed by atoms with Crippen molar-refractivity contribution in [1.82, 2.24) is 0 Å². The Hall–Kier alpha value is -0.110. The molecule has 0 aromatic rings. The van der Waals surface area contributed by atoms with Gasteiger partial charge >= 0.3 is 0 Å². The van der Waals surface area contributed by atoms with Crippen molar-refractivity contribution in [3.05, 3.63) is 0 Å². The number of hydrogen-bond donors (Lipinski definition) is 1. The average Bonchev–Trinajstić information content (AvgIpc) is 2.22. The highest BCUT2D eigenvalue weighted by Gasteiger charge is 2.18. The predicted molar refractivity (Wildman–Crippen MR) is 47.3 cm³/mol. The summed E-state index contributed by atoms with van der Waals surface area (Å²) in [6.07, 6.45) is 4.12. The zero-order valence-electron chi connectivity index (χ0n) is 7.65. The Labute approximate surface area is 69.2 Å². The van der Waals surface area contributed by atoms with Crippen LogP contribution in [-0.4, -0.2) is 12.2 Å². The quantitative estimate of drug-likeness (QED) is 0.543. The van der Waals surface area contributed by atoms with Crippen LogP contribution >= 0.6 is 0 Å². The number of alkyl halides is 1. The van der Waals surface area contributed by atoms with Gasteiger partial charge in [0.2, 0.25) is 0 Å². The number of hydrogen-bond acceptors (Lipinski definition) is 1. The Bertz CT molecular complexity index is 75.6. The van der Waals surface area contributed by atoms with Gasteiger partial charge in [0.15, 0.2) is 0 Å². The molecule has 1 saturated carbocycles. The molecule has 0 amide bonds. The van der Waals surface area contributed by atoms with Crippen LogP contribution in [0.1, 0.15) is 46.0 Å². The van der Waals surface area contributed by atoms with Crippen molar-refractivity contribution in [1.29, 1.82) is 0 Å². The highest BCUT2D eigenvalue weighted by molar-refractivity contribution is 4.75. The molecule has 68 valence electrons. The van der Waals surface area contributed by atoms with Gasteiger partial charge in [-0.2, -0.15) is 0 Å². The molecule has 1 fully saturated rings. The average molecular weight is 161 g/mol. The van der Waals surface area contributed by atoms with Gasteiger partial charge < -0.3 is 5.73 Å². The molecule has 11 heavy (non-hydrogen) atoms. The summed E-state index contributed by atoms with van der Waals surface area (Å²) in [4.78, 5) is 0. The van der Waals surface area contributed by atoms with E-state index in [-0.39, 0.29) is 6.04 Å². The van der Waals surface area contributed by atoms with Gasteiger partial charge in [-0.25, -0.2) is 4.39 Å². The number of halogens is 1. The maximum atomic E-state index is 12.7. The molecule has 0 aromatic heterocycles. The Morgan fingerprint density at radius 3 is 2.27 bits per heavy atom. The van der Waals surface area contributed by atoms with Gasteiger partial charge in [0.25, 0.3) is 0 Å². The third-order valence-corrected chi connectivity index (χ3v) is 1.98. The van der Waals surface area contributed by atoms with Crippen molar-refractivity contribution in [2.45, 2.75) is 58.2 Å². The third kappa shape index (κ3) is 4.35. The van der Waals surface area contributed by atoms with Crippen LogP contribution in [0.3, 0.4) is 0 Å². The SMILES string of the molecule is CC.N[C@@H]1CCCCC[C@@H]1F. The highest BCUT2D eigenvalue weighted by Crippen LogP contribution is 2.18. The predicted octanol–water partition coefficient (Wildman–Crippen LogP) is 2.64. The van der Waals surface area contributed by atoms with E-state index in [1.54, 1.807) is 0 Å². The molecule has 0 unspecified atom stereocenters. The smallest absolute Gasteiger partial charge is 0.115 e. The molecule has 0 spiro atoms. The lowest BCUT2D eigenvalue weighted by Gasteiger charge is -2.10. The summed E-state index contributed by atoms with van der Waals surface area (Å²) in [6, 6.07) is -0.174. The molecule has 0 aromatic carbocycles. The minimum Gasteiger partial charge on any atom is -0.325 e. The van der Waals surface area contributed by atoms with Crippen molar-refractivity contribution in [2.24, 2.45) is 5.73 Å². The maximum Gasteiger partial charge on any atom is 0.115 e. The lowest BCUT2D eigenvalue weighted by atomic mass is 10.1. The highest BCUT2D eigenvalue weighted by atomic mass is 19.1. The van der Waals surface area contributed by atoms with Crippen LogP contribution in [0, 0.1) is 0 Å². The second-order valence-corrected chi connectivity index (χ2v) is 2.82. The standard InChI is InChI=1S/C7H14FN.C2H6/c8-6-4-2-1-3-5-7(6)9;1-2/h6-7H,1-5,9H2;1-2H3/t6-,7+;/m0./s1. The molecular weight excluding hydrogens is 141 g/mol. The van der Waals surface area contributed by atoms with Crippen LogP contribution in [-0.2, 0) is 0 Å².